The van der Waals surface area contributed by atoms with Crippen LogP contribution >= 0.6 is 0 Å². The first-order chi connectivity index (χ1) is 6.25. The highest BCUT2D eigenvalue weighted by Gasteiger charge is 2.44. The van der Waals surface area contributed by atoms with E-state index in [1.165, 1.54) is 7.11 Å². The molecule has 0 bridgehead atoms. The van der Waals surface area contributed by atoms with Crippen LogP contribution in [0.2, 0.25) is 0 Å². The molecule has 0 amide bonds. The second kappa shape index (κ2) is 4.55. The van der Waals surface area contributed by atoms with Gasteiger partial charge in [0.1, 0.15) is 5.54 Å². The SMILES string of the molecule is COCCNC1(C(=O)OC)CNC1. The predicted octanol–water partition coefficient (Wildman–Crippen LogP) is -1.26. The molecule has 0 saturated carbocycles. The zero-order valence-corrected chi connectivity index (χ0v) is 8.05. The quantitative estimate of drug-likeness (QED) is 0.416. The minimum Gasteiger partial charge on any atom is -0.468 e. The molecule has 1 aliphatic heterocycles. The summed E-state index contributed by atoms with van der Waals surface area (Å²) < 4.78 is 9.59. The molecular formula is C8H16N2O3. The summed E-state index contributed by atoms with van der Waals surface area (Å²) in [5, 5.41) is 6.16. The van der Waals surface area contributed by atoms with Crippen molar-refractivity contribution in [2.45, 2.75) is 5.54 Å². The fourth-order valence-corrected chi connectivity index (χ4v) is 1.30. The van der Waals surface area contributed by atoms with Crippen molar-refractivity contribution >= 4 is 5.97 Å². The fraction of sp³-hybridized carbons (Fsp3) is 0.875. The third-order valence-corrected chi connectivity index (χ3v) is 2.20. The number of hydrogen-bond donors (Lipinski definition) is 2. The van der Waals surface area contributed by atoms with Crippen LogP contribution in [0, 0.1) is 0 Å². The van der Waals surface area contributed by atoms with E-state index in [-0.39, 0.29) is 5.97 Å². The molecule has 5 nitrogen and oxygen atoms in total. The molecule has 13 heavy (non-hydrogen) atoms. The maximum absolute atomic E-state index is 11.3. The van der Waals surface area contributed by atoms with Crippen molar-refractivity contribution in [1.82, 2.24) is 10.6 Å². The maximum Gasteiger partial charge on any atom is 0.328 e. The van der Waals surface area contributed by atoms with Crippen molar-refractivity contribution in [3.8, 4) is 0 Å². The van der Waals surface area contributed by atoms with Crippen LogP contribution in [-0.2, 0) is 14.3 Å². The van der Waals surface area contributed by atoms with Gasteiger partial charge in [-0.05, 0) is 0 Å². The largest absolute Gasteiger partial charge is 0.468 e. The monoisotopic (exact) mass is 188 g/mol. The Morgan fingerprint density at radius 2 is 2.23 bits per heavy atom. The Hall–Kier alpha value is -0.650. The van der Waals surface area contributed by atoms with Gasteiger partial charge in [0.05, 0.1) is 13.7 Å². The summed E-state index contributed by atoms with van der Waals surface area (Å²) in [6.07, 6.45) is 0. The van der Waals surface area contributed by atoms with E-state index < -0.39 is 5.54 Å². The van der Waals surface area contributed by atoms with Crippen LogP contribution in [-0.4, -0.2) is 52.0 Å². The molecule has 0 unspecified atom stereocenters. The van der Waals surface area contributed by atoms with Crippen molar-refractivity contribution in [2.75, 3.05) is 40.5 Å². The lowest BCUT2D eigenvalue weighted by Crippen LogP contribution is -2.72. The van der Waals surface area contributed by atoms with E-state index in [2.05, 4.69) is 10.6 Å². The molecule has 76 valence electrons. The van der Waals surface area contributed by atoms with Crippen molar-refractivity contribution in [1.29, 1.82) is 0 Å². The number of nitrogens with one attached hydrogen (secondary N) is 2. The first-order valence-corrected chi connectivity index (χ1v) is 4.28. The van der Waals surface area contributed by atoms with E-state index in [0.29, 0.717) is 26.2 Å². The lowest BCUT2D eigenvalue weighted by Gasteiger charge is -2.40. The summed E-state index contributed by atoms with van der Waals surface area (Å²) in [6, 6.07) is 0. The van der Waals surface area contributed by atoms with Gasteiger partial charge < -0.3 is 14.8 Å². The van der Waals surface area contributed by atoms with E-state index in [1.54, 1.807) is 7.11 Å². The molecule has 5 heteroatoms. The van der Waals surface area contributed by atoms with Gasteiger partial charge in [0.15, 0.2) is 0 Å². The van der Waals surface area contributed by atoms with Gasteiger partial charge >= 0.3 is 5.97 Å². The molecule has 0 aliphatic carbocycles. The average Bonchev–Trinajstić information content (AvgIpc) is 2.08. The molecule has 1 rings (SSSR count). The minimum absolute atomic E-state index is 0.206. The molecule has 1 aliphatic rings. The lowest BCUT2D eigenvalue weighted by molar-refractivity contribution is -0.151. The summed E-state index contributed by atoms with van der Waals surface area (Å²) in [5.74, 6) is -0.206. The number of hydrogen-bond acceptors (Lipinski definition) is 5. The first-order valence-electron chi connectivity index (χ1n) is 4.28. The summed E-state index contributed by atoms with van der Waals surface area (Å²) in [4.78, 5) is 11.3. The minimum atomic E-state index is -0.521. The van der Waals surface area contributed by atoms with E-state index in [1.807, 2.05) is 0 Å². The number of carbonyl (C=O) groups excluding carboxylic acids is 1. The Bertz CT molecular complexity index is 180. The molecule has 0 atom stereocenters. The molecule has 1 saturated heterocycles. The number of carbonyl (C=O) groups is 1. The first kappa shape index (κ1) is 10.4. The van der Waals surface area contributed by atoms with Crippen LogP contribution in [0.15, 0.2) is 0 Å². The van der Waals surface area contributed by atoms with Crippen LogP contribution < -0.4 is 10.6 Å². The van der Waals surface area contributed by atoms with E-state index in [0.717, 1.165) is 0 Å². The third-order valence-electron chi connectivity index (χ3n) is 2.20. The van der Waals surface area contributed by atoms with E-state index >= 15 is 0 Å². The Morgan fingerprint density at radius 1 is 1.54 bits per heavy atom. The molecule has 0 aromatic carbocycles. The van der Waals surface area contributed by atoms with Crippen molar-refractivity contribution in [2.24, 2.45) is 0 Å². The van der Waals surface area contributed by atoms with E-state index in [4.69, 9.17) is 9.47 Å². The van der Waals surface area contributed by atoms with Gasteiger partial charge in [-0.15, -0.1) is 0 Å². The molecule has 0 aromatic heterocycles. The molecular weight excluding hydrogens is 172 g/mol. The standard InChI is InChI=1S/C8H16N2O3/c1-12-4-3-10-8(5-9-6-8)7(11)13-2/h9-10H,3-6H2,1-2H3. The number of ether oxygens (including phenoxy) is 2. The summed E-state index contributed by atoms with van der Waals surface area (Å²) in [6.45, 7) is 2.51. The maximum atomic E-state index is 11.3. The Kier molecular flexibility index (Phi) is 3.65. The number of methoxy groups -OCH3 is 2. The predicted molar refractivity (Wildman–Crippen MR) is 47.5 cm³/mol. The smallest absolute Gasteiger partial charge is 0.328 e. The van der Waals surface area contributed by atoms with Gasteiger partial charge in [0.2, 0.25) is 0 Å². The highest BCUT2D eigenvalue weighted by atomic mass is 16.5. The Labute approximate surface area is 77.8 Å². The Balaban J connectivity index is 2.36. The topological polar surface area (TPSA) is 59.6 Å². The number of esters is 1. The molecule has 0 spiro atoms. The normalized spacial score (nSPS) is 19.2. The van der Waals surface area contributed by atoms with Gasteiger partial charge in [0, 0.05) is 26.7 Å². The molecule has 0 radical (unpaired) electrons. The van der Waals surface area contributed by atoms with Crippen molar-refractivity contribution < 1.29 is 14.3 Å². The summed E-state index contributed by atoms with van der Waals surface area (Å²) >= 11 is 0. The second-order valence-electron chi connectivity index (χ2n) is 3.10. The van der Waals surface area contributed by atoms with Gasteiger partial charge in [-0.2, -0.15) is 0 Å². The Morgan fingerprint density at radius 3 is 2.62 bits per heavy atom. The third kappa shape index (κ3) is 2.18. The van der Waals surface area contributed by atoms with Crippen LogP contribution in [0.4, 0.5) is 0 Å². The zero-order chi connectivity index (χ0) is 9.73. The average molecular weight is 188 g/mol. The van der Waals surface area contributed by atoms with E-state index in [9.17, 15) is 4.79 Å². The lowest BCUT2D eigenvalue weighted by atomic mass is 9.92. The molecule has 1 fully saturated rings. The van der Waals surface area contributed by atoms with Gasteiger partial charge in [-0.25, -0.2) is 4.79 Å². The highest BCUT2D eigenvalue weighted by molar-refractivity contribution is 5.82. The van der Waals surface area contributed by atoms with Crippen LogP contribution in [0.5, 0.6) is 0 Å². The van der Waals surface area contributed by atoms with Crippen molar-refractivity contribution in [3.05, 3.63) is 0 Å². The molecule has 2 N–H and O–H groups in total. The summed E-state index contributed by atoms with van der Waals surface area (Å²) in [5.41, 5.74) is -0.521. The molecule has 1 heterocycles. The van der Waals surface area contributed by atoms with Gasteiger partial charge in [-0.3, -0.25) is 5.32 Å². The second-order valence-corrected chi connectivity index (χ2v) is 3.10. The van der Waals surface area contributed by atoms with Gasteiger partial charge in [-0.1, -0.05) is 0 Å². The van der Waals surface area contributed by atoms with Crippen molar-refractivity contribution in [3.63, 3.8) is 0 Å². The number of rotatable bonds is 5. The molecule has 0 aromatic rings. The van der Waals surface area contributed by atoms with Crippen LogP contribution in [0.25, 0.3) is 0 Å². The summed E-state index contributed by atoms with van der Waals surface area (Å²) in [7, 11) is 3.03. The van der Waals surface area contributed by atoms with Crippen LogP contribution in [0.1, 0.15) is 0 Å². The highest BCUT2D eigenvalue weighted by Crippen LogP contribution is 2.12. The zero-order valence-electron chi connectivity index (χ0n) is 8.05. The fourth-order valence-electron chi connectivity index (χ4n) is 1.30. The van der Waals surface area contributed by atoms with Crippen LogP contribution in [0.3, 0.4) is 0 Å². The van der Waals surface area contributed by atoms with Gasteiger partial charge in [0.25, 0.3) is 0 Å².